The molecule has 2 aliphatic heterocycles. The van der Waals surface area contributed by atoms with Crippen molar-refractivity contribution in [3.05, 3.63) is 59.3 Å². The van der Waals surface area contributed by atoms with Gasteiger partial charge in [-0.25, -0.2) is 8.78 Å². The zero-order chi connectivity index (χ0) is 27.5. The van der Waals surface area contributed by atoms with E-state index in [-0.39, 0.29) is 23.6 Å². The second-order valence-electron chi connectivity index (χ2n) is 11.6. The Morgan fingerprint density at radius 3 is 2.48 bits per heavy atom. The topological polar surface area (TPSA) is 70.8 Å². The highest BCUT2D eigenvalue weighted by molar-refractivity contribution is 5.94. The molecular weight excluding hydrogens is 514 g/mol. The monoisotopic (exact) mass is 552 g/mol. The zero-order valence-corrected chi connectivity index (χ0v) is 22.9. The van der Waals surface area contributed by atoms with Crippen molar-refractivity contribution >= 4 is 22.6 Å². The number of hydrogen-bond donors (Lipinski definition) is 1. The van der Waals surface area contributed by atoms with Gasteiger partial charge in [-0.05, 0) is 101 Å². The van der Waals surface area contributed by atoms with Crippen LogP contribution in [0.4, 0.5) is 14.5 Å². The number of nitrogens with one attached hydrogen (secondary N) is 1. The SMILES string of the molecule is O=C(N[C@H]1CC[C@H](CCN2CCC(c3noc4cc(F)ccc34)CC2)CC1)c1ccc(N2CCOCC2)c(F)c1. The Morgan fingerprint density at radius 1 is 0.950 bits per heavy atom. The van der Waals surface area contributed by atoms with E-state index in [0.29, 0.717) is 55.0 Å². The number of carbonyl (C=O) groups excluding carboxylic acids is 1. The second kappa shape index (κ2) is 12.2. The maximum absolute atomic E-state index is 14.7. The molecule has 3 heterocycles. The quantitative estimate of drug-likeness (QED) is 0.418. The zero-order valence-electron chi connectivity index (χ0n) is 22.9. The average molecular weight is 553 g/mol. The summed E-state index contributed by atoms with van der Waals surface area (Å²) >= 11 is 0. The van der Waals surface area contributed by atoms with Crippen molar-refractivity contribution in [2.45, 2.75) is 56.9 Å². The van der Waals surface area contributed by atoms with E-state index in [4.69, 9.17) is 9.26 Å². The van der Waals surface area contributed by atoms with E-state index in [0.717, 1.165) is 69.2 Å². The van der Waals surface area contributed by atoms with Crippen LogP contribution in [0.3, 0.4) is 0 Å². The van der Waals surface area contributed by atoms with E-state index in [9.17, 15) is 13.6 Å². The first kappa shape index (κ1) is 27.1. The van der Waals surface area contributed by atoms with Crippen LogP contribution < -0.4 is 10.2 Å². The predicted molar refractivity (Wildman–Crippen MR) is 150 cm³/mol. The molecule has 1 aromatic heterocycles. The molecule has 2 aromatic carbocycles. The number of hydrogen-bond acceptors (Lipinski definition) is 6. The number of piperidine rings is 1. The summed E-state index contributed by atoms with van der Waals surface area (Å²) in [5.74, 6) is 0.179. The maximum atomic E-state index is 14.7. The van der Waals surface area contributed by atoms with Gasteiger partial charge in [-0.15, -0.1) is 0 Å². The molecule has 1 aliphatic carbocycles. The van der Waals surface area contributed by atoms with Gasteiger partial charge in [0.15, 0.2) is 5.58 Å². The molecule has 0 unspecified atom stereocenters. The molecule has 0 atom stereocenters. The number of halogens is 2. The van der Waals surface area contributed by atoms with Crippen molar-refractivity contribution in [2.75, 3.05) is 50.8 Å². The summed E-state index contributed by atoms with van der Waals surface area (Å²) in [5, 5.41) is 8.33. The van der Waals surface area contributed by atoms with Crippen molar-refractivity contribution in [3.63, 3.8) is 0 Å². The molecular formula is C31H38F2N4O3. The van der Waals surface area contributed by atoms with E-state index in [1.807, 2.05) is 4.90 Å². The minimum atomic E-state index is -0.355. The minimum Gasteiger partial charge on any atom is -0.378 e. The number of benzene rings is 2. The highest BCUT2D eigenvalue weighted by Gasteiger charge is 2.27. The van der Waals surface area contributed by atoms with Crippen LogP contribution in [0.2, 0.25) is 0 Å². The number of ether oxygens (including phenoxy) is 1. The highest BCUT2D eigenvalue weighted by Crippen LogP contribution is 2.34. The Hall–Kier alpha value is -3.04. The van der Waals surface area contributed by atoms with Crippen molar-refractivity contribution < 1.29 is 22.8 Å². The van der Waals surface area contributed by atoms with E-state index in [2.05, 4.69) is 15.4 Å². The summed E-state index contributed by atoms with van der Waals surface area (Å²) < 4.78 is 38.9. The summed E-state index contributed by atoms with van der Waals surface area (Å²) in [5.41, 5.74) is 2.41. The Balaban J connectivity index is 0.917. The summed E-state index contributed by atoms with van der Waals surface area (Å²) in [6.45, 7) is 5.66. The molecule has 0 radical (unpaired) electrons. The number of nitrogens with zero attached hydrogens (tertiary/aromatic N) is 3. The second-order valence-corrected chi connectivity index (χ2v) is 11.6. The number of fused-ring (bicyclic) bond motifs is 1. The molecule has 214 valence electrons. The van der Waals surface area contributed by atoms with Crippen molar-refractivity contribution in [3.8, 4) is 0 Å². The van der Waals surface area contributed by atoms with Gasteiger partial charge >= 0.3 is 0 Å². The van der Waals surface area contributed by atoms with Gasteiger partial charge in [0, 0.05) is 42.1 Å². The Kier molecular flexibility index (Phi) is 8.30. The largest absolute Gasteiger partial charge is 0.378 e. The Morgan fingerprint density at radius 2 is 1.73 bits per heavy atom. The van der Waals surface area contributed by atoms with Crippen LogP contribution in [0.5, 0.6) is 0 Å². The number of amides is 1. The Labute approximate surface area is 233 Å². The molecule has 1 saturated carbocycles. The van der Waals surface area contributed by atoms with Crippen LogP contribution in [0.15, 0.2) is 40.9 Å². The van der Waals surface area contributed by atoms with Crippen LogP contribution in [-0.4, -0.2) is 67.9 Å². The number of aromatic nitrogens is 1. The molecule has 40 heavy (non-hydrogen) atoms. The normalized spacial score (nSPS) is 23.0. The molecule has 6 rings (SSSR count). The van der Waals surface area contributed by atoms with Crippen molar-refractivity contribution in [1.29, 1.82) is 0 Å². The van der Waals surface area contributed by atoms with Crippen LogP contribution in [0, 0.1) is 17.6 Å². The van der Waals surface area contributed by atoms with Crippen molar-refractivity contribution in [2.24, 2.45) is 5.92 Å². The van der Waals surface area contributed by atoms with Gasteiger partial charge in [0.2, 0.25) is 0 Å². The van der Waals surface area contributed by atoms with Gasteiger partial charge in [0.1, 0.15) is 11.6 Å². The third kappa shape index (κ3) is 6.15. The van der Waals surface area contributed by atoms with Gasteiger partial charge in [-0.3, -0.25) is 4.79 Å². The van der Waals surface area contributed by atoms with Crippen LogP contribution in [0.25, 0.3) is 11.0 Å². The van der Waals surface area contributed by atoms with E-state index >= 15 is 0 Å². The first-order valence-electron chi connectivity index (χ1n) is 14.7. The fourth-order valence-electron chi connectivity index (χ4n) is 6.59. The minimum absolute atomic E-state index is 0.146. The van der Waals surface area contributed by atoms with Crippen LogP contribution in [-0.2, 0) is 4.74 Å². The molecule has 7 nitrogen and oxygen atoms in total. The molecule has 0 spiro atoms. The molecule has 3 fully saturated rings. The summed E-state index contributed by atoms with van der Waals surface area (Å²) in [6.07, 6.45) is 7.38. The third-order valence-electron chi connectivity index (χ3n) is 9.03. The lowest BCUT2D eigenvalue weighted by atomic mass is 9.83. The van der Waals surface area contributed by atoms with Gasteiger partial charge in [0.25, 0.3) is 5.91 Å². The lowest BCUT2D eigenvalue weighted by Crippen LogP contribution is -2.39. The number of likely N-dealkylation sites (tertiary alicyclic amines) is 1. The van der Waals surface area contributed by atoms with E-state index in [1.54, 1.807) is 18.2 Å². The standard InChI is InChI=1S/C31H38F2N4O3/c32-24-4-7-26-29(20-24)40-35-30(26)22-10-13-36(14-11-22)12-9-21-1-5-25(6-2-21)34-31(38)23-3-8-28(27(33)19-23)37-15-17-39-18-16-37/h3-4,7-8,19-22,25H,1-2,5-6,9-18H2,(H,34,38)/t21-,25-. The fourth-order valence-corrected chi connectivity index (χ4v) is 6.59. The summed E-state index contributed by atoms with van der Waals surface area (Å²) in [6, 6.07) is 9.61. The van der Waals surface area contributed by atoms with Crippen LogP contribution >= 0.6 is 0 Å². The average Bonchev–Trinajstić information content (AvgIpc) is 3.40. The first-order valence-corrected chi connectivity index (χ1v) is 14.7. The molecule has 3 aromatic rings. The molecule has 2 saturated heterocycles. The smallest absolute Gasteiger partial charge is 0.251 e. The summed E-state index contributed by atoms with van der Waals surface area (Å²) in [4.78, 5) is 17.3. The Bertz CT molecular complexity index is 1310. The van der Waals surface area contributed by atoms with Gasteiger partial charge in [-0.2, -0.15) is 0 Å². The van der Waals surface area contributed by atoms with Gasteiger partial charge in [0.05, 0.1) is 24.6 Å². The molecule has 1 N–H and O–H groups in total. The van der Waals surface area contributed by atoms with E-state index in [1.165, 1.54) is 24.6 Å². The van der Waals surface area contributed by atoms with E-state index < -0.39 is 0 Å². The number of anilines is 1. The molecule has 1 amide bonds. The molecule has 3 aliphatic rings. The maximum Gasteiger partial charge on any atom is 0.251 e. The molecule has 9 heteroatoms. The number of morpholine rings is 1. The molecule has 0 bridgehead atoms. The van der Waals surface area contributed by atoms with Crippen molar-refractivity contribution in [1.82, 2.24) is 15.4 Å². The highest BCUT2D eigenvalue weighted by atomic mass is 19.1. The number of rotatable bonds is 7. The first-order chi connectivity index (χ1) is 19.5. The van der Waals surface area contributed by atoms with Gasteiger partial charge in [-0.1, -0.05) is 5.16 Å². The van der Waals surface area contributed by atoms with Crippen LogP contribution in [0.1, 0.15) is 66.9 Å². The summed E-state index contributed by atoms with van der Waals surface area (Å²) in [7, 11) is 0. The lowest BCUT2D eigenvalue weighted by molar-refractivity contribution is 0.0918. The predicted octanol–water partition coefficient (Wildman–Crippen LogP) is 5.50. The van der Waals surface area contributed by atoms with Gasteiger partial charge < -0.3 is 24.4 Å². The number of carbonyl (C=O) groups is 1. The lowest BCUT2D eigenvalue weighted by Gasteiger charge is -2.34. The third-order valence-corrected chi connectivity index (χ3v) is 9.03. The fraction of sp³-hybridized carbons (Fsp3) is 0.548.